The van der Waals surface area contributed by atoms with Crippen LogP contribution in [0.5, 0.6) is 5.75 Å². The molecule has 0 heterocycles. The Morgan fingerprint density at radius 3 is 2.90 bits per heavy atom. The summed E-state index contributed by atoms with van der Waals surface area (Å²) in [6.45, 7) is 0.618. The number of benzene rings is 1. The molecule has 1 fully saturated rings. The van der Waals surface area contributed by atoms with Gasteiger partial charge in [-0.2, -0.15) is 5.26 Å². The highest BCUT2D eigenvalue weighted by atomic mass is 16.5. The summed E-state index contributed by atoms with van der Waals surface area (Å²) in [4.78, 5) is 11.5. The van der Waals surface area contributed by atoms with E-state index in [-0.39, 0.29) is 17.9 Å². The van der Waals surface area contributed by atoms with Crippen LogP contribution in [0.25, 0.3) is 0 Å². The van der Waals surface area contributed by atoms with Crippen LogP contribution >= 0.6 is 0 Å². The summed E-state index contributed by atoms with van der Waals surface area (Å²) < 4.78 is 5.13. The van der Waals surface area contributed by atoms with E-state index >= 15 is 0 Å². The molecule has 0 saturated heterocycles. The molecule has 0 bridgehead atoms. The monoisotopic (exact) mass is 287 g/mol. The van der Waals surface area contributed by atoms with Gasteiger partial charge in [0.05, 0.1) is 18.6 Å². The van der Waals surface area contributed by atoms with Gasteiger partial charge in [0.25, 0.3) is 0 Å². The smallest absolute Gasteiger partial charge is 0.222 e. The van der Waals surface area contributed by atoms with E-state index in [1.807, 2.05) is 12.1 Å². The number of carbonyl (C=O) groups excluding carboxylic acids is 1. The number of primary amides is 1. The summed E-state index contributed by atoms with van der Waals surface area (Å²) >= 11 is 0. The number of ether oxygens (including phenoxy) is 1. The van der Waals surface area contributed by atoms with E-state index in [1.165, 1.54) is 0 Å². The zero-order chi connectivity index (χ0) is 15.2. The van der Waals surface area contributed by atoms with Gasteiger partial charge in [0, 0.05) is 12.6 Å². The molecular formula is C16H21N3O2. The van der Waals surface area contributed by atoms with E-state index in [2.05, 4.69) is 11.4 Å². The second-order valence-electron chi connectivity index (χ2n) is 5.43. The average molecular weight is 287 g/mol. The highest BCUT2D eigenvalue weighted by Crippen LogP contribution is 2.25. The largest absolute Gasteiger partial charge is 0.495 e. The molecule has 3 N–H and O–H groups in total. The van der Waals surface area contributed by atoms with Crippen molar-refractivity contribution in [3.05, 3.63) is 29.3 Å². The number of methoxy groups -OCH3 is 1. The van der Waals surface area contributed by atoms with Crippen molar-refractivity contribution in [1.82, 2.24) is 5.32 Å². The molecule has 5 nitrogen and oxygen atoms in total. The topological polar surface area (TPSA) is 88.1 Å². The van der Waals surface area contributed by atoms with Crippen molar-refractivity contribution in [2.75, 3.05) is 7.11 Å². The summed E-state index contributed by atoms with van der Waals surface area (Å²) in [5.74, 6) is 0.265. The lowest BCUT2D eigenvalue weighted by molar-refractivity contribution is -0.123. The van der Waals surface area contributed by atoms with Crippen LogP contribution in [0, 0.1) is 17.2 Å². The number of amides is 1. The summed E-state index contributed by atoms with van der Waals surface area (Å²) in [6, 6.07) is 7.79. The molecule has 5 heteroatoms. The summed E-state index contributed by atoms with van der Waals surface area (Å²) in [5.41, 5.74) is 6.99. The first kappa shape index (κ1) is 15.3. The first-order valence-corrected chi connectivity index (χ1v) is 7.25. The van der Waals surface area contributed by atoms with Crippen molar-refractivity contribution >= 4 is 5.91 Å². The van der Waals surface area contributed by atoms with Crippen LogP contribution in [0.1, 0.15) is 36.8 Å². The normalized spacial score (nSPS) is 21.5. The standard InChI is InChI=1S/C16H21N3O2/c1-21-15-7-6-11(8-12(15)9-17)10-19-14-5-3-2-4-13(14)16(18)20/h6-8,13-14,19H,2-5,10H2,1H3,(H2,18,20)/t13-,14+/m1/s1. The van der Waals surface area contributed by atoms with Crippen molar-refractivity contribution in [3.8, 4) is 11.8 Å². The Bertz CT molecular complexity index is 551. The van der Waals surface area contributed by atoms with Gasteiger partial charge < -0.3 is 15.8 Å². The van der Waals surface area contributed by atoms with E-state index < -0.39 is 0 Å². The Morgan fingerprint density at radius 2 is 2.24 bits per heavy atom. The Kier molecular flexibility index (Phi) is 5.18. The fourth-order valence-corrected chi connectivity index (χ4v) is 2.92. The molecule has 1 aliphatic rings. The van der Waals surface area contributed by atoms with Crippen LogP contribution in [0.2, 0.25) is 0 Å². The SMILES string of the molecule is COc1ccc(CN[C@H]2CCCC[C@H]2C(N)=O)cc1C#N. The quantitative estimate of drug-likeness (QED) is 0.862. The van der Waals surface area contributed by atoms with Gasteiger partial charge >= 0.3 is 0 Å². The zero-order valence-corrected chi connectivity index (χ0v) is 12.3. The molecule has 1 aromatic carbocycles. The van der Waals surface area contributed by atoms with Crippen molar-refractivity contribution in [3.63, 3.8) is 0 Å². The fourth-order valence-electron chi connectivity index (χ4n) is 2.92. The van der Waals surface area contributed by atoms with Crippen molar-refractivity contribution in [2.24, 2.45) is 11.7 Å². The van der Waals surface area contributed by atoms with Crippen molar-refractivity contribution in [1.29, 1.82) is 5.26 Å². The van der Waals surface area contributed by atoms with Gasteiger partial charge in [-0.25, -0.2) is 0 Å². The molecule has 2 rings (SSSR count). The second kappa shape index (κ2) is 7.09. The van der Waals surface area contributed by atoms with E-state index in [0.29, 0.717) is 17.9 Å². The fraction of sp³-hybridized carbons (Fsp3) is 0.500. The lowest BCUT2D eigenvalue weighted by Crippen LogP contribution is -2.44. The van der Waals surface area contributed by atoms with E-state index in [0.717, 1.165) is 31.2 Å². The molecule has 0 aliphatic heterocycles. The molecule has 0 aromatic heterocycles. The van der Waals surface area contributed by atoms with Crippen LogP contribution < -0.4 is 15.8 Å². The highest BCUT2D eigenvalue weighted by molar-refractivity contribution is 5.77. The minimum atomic E-state index is -0.223. The van der Waals surface area contributed by atoms with Crippen LogP contribution in [0.15, 0.2) is 18.2 Å². The molecule has 0 unspecified atom stereocenters. The molecule has 1 saturated carbocycles. The minimum Gasteiger partial charge on any atom is -0.495 e. The van der Waals surface area contributed by atoms with Gasteiger partial charge in [0.1, 0.15) is 11.8 Å². The number of nitrogens with one attached hydrogen (secondary N) is 1. The van der Waals surface area contributed by atoms with Crippen LogP contribution in [0.3, 0.4) is 0 Å². The summed E-state index contributed by atoms with van der Waals surface area (Å²) in [6.07, 6.45) is 4.01. The number of hydrogen-bond donors (Lipinski definition) is 2. The van der Waals surface area contributed by atoms with E-state index in [4.69, 9.17) is 15.7 Å². The maximum atomic E-state index is 11.5. The van der Waals surface area contributed by atoms with Crippen molar-refractivity contribution < 1.29 is 9.53 Å². The Hall–Kier alpha value is -2.06. The van der Waals surface area contributed by atoms with Gasteiger partial charge in [-0.1, -0.05) is 18.9 Å². The first-order chi connectivity index (χ1) is 10.2. The number of carbonyl (C=O) groups is 1. The zero-order valence-electron chi connectivity index (χ0n) is 12.3. The number of hydrogen-bond acceptors (Lipinski definition) is 4. The predicted octanol–water partition coefficient (Wildman–Crippen LogP) is 1.70. The Balaban J connectivity index is 2.02. The van der Waals surface area contributed by atoms with Crippen LogP contribution in [-0.4, -0.2) is 19.1 Å². The third-order valence-corrected chi connectivity index (χ3v) is 4.08. The first-order valence-electron chi connectivity index (χ1n) is 7.25. The highest BCUT2D eigenvalue weighted by Gasteiger charge is 2.28. The molecule has 1 amide bonds. The molecule has 112 valence electrons. The number of rotatable bonds is 5. The molecule has 0 spiro atoms. The molecule has 1 aliphatic carbocycles. The Labute approximate surface area is 125 Å². The third-order valence-electron chi connectivity index (χ3n) is 4.08. The van der Waals surface area contributed by atoms with Gasteiger partial charge in [0.2, 0.25) is 5.91 Å². The molecule has 2 atom stereocenters. The van der Waals surface area contributed by atoms with Gasteiger partial charge in [-0.05, 0) is 30.5 Å². The molecule has 1 aromatic rings. The van der Waals surface area contributed by atoms with Gasteiger partial charge in [0.15, 0.2) is 0 Å². The van der Waals surface area contributed by atoms with Crippen LogP contribution in [0.4, 0.5) is 0 Å². The van der Waals surface area contributed by atoms with E-state index in [1.54, 1.807) is 13.2 Å². The van der Waals surface area contributed by atoms with Crippen molar-refractivity contribution in [2.45, 2.75) is 38.3 Å². The van der Waals surface area contributed by atoms with Crippen LogP contribution in [-0.2, 0) is 11.3 Å². The summed E-state index contributed by atoms with van der Waals surface area (Å²) in [7, 11) is 1.55. The predicted molar refractivity (Wildman–Crippen MR) is 79.5 cm³/mol. The Morgan fingerprint density at radius 1 is 1.48 bits per heavy atom. The summed E-state index contributed by atoms with van der Waals surface area (Å²) in [5, 5.41) is 12.5. The second-order valence-corrected chi connectivity index (χ2v) is 5.43. The number of nitriles is 1. The number of nitrogens with zero attached hydrogens (tertiary/aromatic N) is 1. The third kappa shape index (κ3) is 3.73. The minimum absolute atomic E-state index is 0.0903. The molecule has 0 radical (unpaired) electrons. The van der Waals surface area contributed by atoms with E-state index in [9.17, 15) is 4.79 Å². The average Bonchev–Trinajstić information content (AvgIpc) is 2.52. The molecule has 21 heavy (non-hydrogen) atoms. The number of nitrogens with two attached hydrogens (primary N) is 1. The van der Waals surface area contributed by atoms with Gasteiger partial charge in [-0.3, -0.25) is 4.79 Å². The lowest BCUT2D eigenvalue weighted by atomic mass is 9.84. The van der Waals surface area contributed by atoms with Gasteiger partial charge in [-0.15, -0.1) is 0 Å². The molecular weight excluding hydrogens is 266 g/mol. The lowest BCUT2D eigenvalue weighted by Gasteiger charge is -2.30. The maximum absolute atomic E-state index is 11.5. The maximum Gasteiger partial charge on any atom is 0.222 e.